The van der Waals surface area contributed by atoms with Crippen LogP contribution in [-0.4, -0.2) is 32.3 Å². The number of carboxylic acid groups (broad SMARTS) is 1. The maximum absolute atomic E-state index is 11.0. The first-order valence-electron chi connectivity index (χ1n) is 5.94. The second-order valence-corrected chi connectivity index (χ2v) is 4.93. The minimum absolute atomic E-state index is 0.0447. The van der Waals surface area contributed by atoms with Crippen LogP contribution >= 0.6 is 11.8 Å². The zero-order valence-corrected chi connectivity index (χ0v) is 11.6. The van der Waals surface area contributed by atoms with Crippen LogP contribution < -0.4 is 0 Å². The summed E-state index contributed by atoms with van der Waals surface area (Å²) in [7, 11) is 0. The number of rotatable bonds is 5. The number of nitrogens with zero attached hydrogens (tertiary/aromatic N) is 3. The standard InChI is InChI=1S/C13H15N3O2S/c1-3-11-12(13(17)18)14-15-16(11)8-9-4-6-10(19-2)7-5-9/h4-7H,3,8H2,1-2H3,(H,17,18). The maximum atomic E-state index is 11.0. The van der Waals surface area contributed by atoms with E-state index in [2.05, 4.69) is 10.3 Å². The zero-order chi connectivity index (χ0) is 13.8. The molecule has 0 saturated heterocycles. The highest BCUT2D eigenvalue weighted by atomic mass is 32.2. The summed E-state index contributed by atoms with van der Waals surface area (Å²) in [5.41, 5.74) is 1.78. The Hall–Kier alpha value is -1.82. The van der Waals surface area contributed by atoms with Crippen molar-refractivity contribution >= 4 is 17.7 Å². The Kier molecular flexibility index (Phi) is 4.21. The lowest BCUT2D eigenvalue weighted by Gasteiger charge is -2.06. The van der Waals surface area contributed by atoms with Gasteiger partial charge in [-0.05, 0) is 30.4 Å². The molecule has 0 fully saturated rings. The van der Waals surface area contributed by atoms with Gasteiger partial charge in [-0.1, -0.05) is 24.3 Å². The van der Waals surface area contributed by atoms with Crippen LogP contribution in [0, 0.1) is 0 Å². The van der Waals surface area contributed by atoms with Crippen molar-refractivity contribution < 1.29 is 9.90 Å². The highest BCUT2D eigenvalue weighted by Crippen LogP contribution is 2.16. The van der Waals surface area contributed by atoms with Crippen molar-refractivity contribution in [3.8, 4) is 0 Å². The van der Waals surface area contributed by atoms with Crippen LogP contribution in [0.4, 0.5) is 0 Å². The summed E-state index contributed by atoms with van der Waals surface area (Å²) in [6.45, 7) is 2.44. The third kappa shape index (κ3) is 2.96. The Morgan fingerprint density at radius 3 is 2.58 bits per heavy atom. The molecule has 2 rings (SSSR count). The molecule has 0 aliphatic rings. The van der Waals surface area contributed by atoms with Crippen LogP contribution in [0.15, 0.2) is 29.2 Å². The van der Waals surface area contributed by atoms with Crippen molar-refractivity contribution in [1.29, 1.82) is 0 Å². The van der Waals surface area contributed by atoms with Crippen LogP contribution in [0.1, 0.15) is 28.7 Å². The number of hydrogen-bond acceptors (Lipinski definition) is 4. The van der Waals surface area contributed by atoms with Crippen LogP contribution in [0.2, 0.25) is 0 Å². The molecular weight excluding hydrogens is 262 g/mol. The highest BCUT2D eigenvalue weighted by Gasteiger charge is 2.17. The summed E-state index contributed by atoms with van der Waals surface area (Å²) in [4.78, 5) is 12.2. The Bertz CT molecular complexity index is 578. The van der Waals surface area contributed by atoms with Crippen molar-refractivity contribution in [3.05, 3.63) is 41.2 Å². The topological polar surface area (TPSA) is 68.0 Å². The molecule has 0 radical (unpaired) electrons. The zero-order valence-electron chi connectivity index (χ0n) is 10.8. The van der Waals surface area contributed by atoms with Gasteiger partial charge in [-0.15, -0.1) is 16.9 Å². The smallest absolute Gasteiger partial charge is 0.358 e. The largest absolute Gasteiger partial charge is 0.476 e. The van der Waals surface area contributed by atoms with Gasteiger partial charge in [0.15, 0.2) is 5.69 Å². The van der Waals surface area contributed by atoms with Gasteiger partial charge in [0.1, 0.15) is 0 Å². The van der Waals surface area contributed by atoms with E-state index < -0.39 is 5.97 Å². The van der Waals surface area contributed by atoms with Crippen LogP contribution in [0.25, 0.3) is 0 Å². The normalized spacial score (nSPS) is 10.6. The first-order valence-corrected chi connectivity index (χ1v) is 7.16. The summed E-state index contributed by atoms with van der Waals surface area (Å²) in [6, 6.07) is 8.13. The Morgan fingerprint density at radius 1 is 1.37 bits per heavy atom. The van der Waals surface area contributed by atoms with Gasteiger partial charge < -0.3 is 5.11 Å². The molecule has 1 N–H and O–H groups in total. The van der Waals surface area contributed by atoms with E-state index in [1.54, 1.807) is 16.4 Å². The summed E-state index contributed by atoms with van der Waals surface area (Å²) in [5, 5.41) is 16.7. The molecule has 6 heteroatoms. The Labute approximate surface area is 115 Å². The van der Waals surface area contributed by atoms with Gasteiger partial charge in [0.25, 0.3) is 0 Å². The average molecular weight is 277 g/mol. The molecule has 0 amide bonds. The molecule has 1 heterocycles. The molecule has 19 heavy (non-hydrogen) atoms. The molecule has 0 unspecified atom stereocenters. The van der Waals surface area contributed by atoms with E-state index in [-0.39, 0.29) is 5.69 Å². The number of carboxylic acids is 1. The summed E-state index contributed by atoms with van der Waals surface area (Å²) >= 11 is 1.69. The van der Waals surface area contributed by atoms with E-state index in [1.165, 1.54) is 4.90 Å². The minimum Gasteiger partial charge on any atom is -0.476 e. The lowest BCUT2D eigenvalue weighted by atomic mass is 10.2. The van der Waals surface area contributed by atoms with Gasteiger partial charge in [0.05, 0.1) is 12.2 Å². The molecule has 0 bridgehead atoms. The number of benzene rings is 1. The number of aromatic nitrogens is 3. The van der Waals surface area contributed by atoms with Gasteiger partial charge in [-0.25, -0.2) is 9.48 Å². The summed E-state index contributed by atoms with van der Waals surface area (Å²) in [5.74, 6) is -1.03. The number of aromatic carboxylic acids is 1. The number of thioether (sulfide) groups is 1. The quantitative estimate of drug-likeness (QED) is 0.849. The van der Waals surface area contributed by atoms with Crippen molar-refractivity contribution in [2.24, 2.45) is 0 Å². The van der Waals surface area contributed by atoms with E-state index in [0.29, 0.717) is 18.7 Å². The molecule has 0 aliphatic carbocycles. The molecule has 0 saturated carbocycles. The van der Waals surface area contributed by atoms with Crippen molar-refractivity contribution in [3.63, 3.8) is 0 Å². The van der Waals surface area contributed by atoms with Crippen molar-refractivity contribution in [2.45, 2.75) is 24.8 Å². The maximum Gasteiger partial charge on any atom is 0.358 e. The lowest BCUT2D eigenvalue weighted by Crippen LogP contribution is -2.08. The van der Waals surface area contributed by atoms with Gasteiger partial charge in [0, 0.05) is 4.90 Å². The van der Waals surface area contributed by atoms with Crippen molar-refractivity contribution in [2.75, 3.05) is 6.26 Å². The monoisotopic (exact) mass is 277 g/mol. The molecule has 0 atom stereocenters. The fraction of sp³-hybridized carbons (Fsp3) is 0.308. The van der Waals surface area contributed by atoms with E-state index in [0.717, 1.165) is 5.56 Å². The lowest BCUT2D eigenvalue weighted by molar-refractivity contribution is 0.0689. The third-order valence-electron chi connectivity index (χ3n) is 2.87. The van der Waals surface area contributed by atoms with Crippen LogP contribution in [0.5, 0.6) is 0 Å². The highest BCUT2D eigenvalue weighted by molar-refractivity contribution is 7.98. The van der Waals surface area contributed by atoms with Crippen molar-refractivity contribution in [1.82, 2.24) is 15.0 Å². The number of carbonyl (C=O) groups is 1. The molecule has 1 aromatic heterocycles. The predicted molar refractivity (Wildman–Crippen MR) is 73.7 cm³/mol. The average Bonchev–Trinajstić information content (AvgIpc) is 2.82. The first-order chi connectivity index (χ1) is 9.15. The number of hydrogen-bond donors (Lipinski definition) is 1. The predicted octanol–water partition coefficient (Wildman–Crippen LogP) is 2.31. The molecule has 0 spiro atoms. The van der Waals surface area contributed by atoms with E-state index >= 15 is 0 Å². The summed E-state index contributed by atoms with van der Waals surface area (Å²) in [6.07, 6.45) is 2.62. The van der Waals surface area contributed by atoms with E-state index in [9.17, 15) is 4.79 Å². The fourth-order valence-corrected chi connectivity index (χ4v) is 2.29. The van der Waals surface area contributed by atoms with E-state index in [1.807, 2.05) is 37.4 Å². The van der Waals surface area contributed by atoms with Gasteiger partial charge in [-0.3, -0.25) is 0 Å². The second kappa shape index (κ2) is 5.88. The Morgan fingerprint density at radius 2 is 2.05 bits per heavy atom. The third-order valence-corrected chi connectivity index (χ3v) is 3.61. The molecule has 1 aromatic carbocycles. The van der Waals surface area contributed by atoms with E-state index in [4.69, 9.17) is 5.11 Å². The fourth-order valence-electron chi connectivity index (χ4n) is 1.88. The van der Waals surface area contributed by atoms with Crippen LogP contribution in [0.3, 0.4) is 0 Å². The minimum atomic E-state index is -1.03. The molecule has 100 valence electrons. The molecule has 0 aliphatic heterocycles. The van der Waals surface area contributed by atoms with Gasteiger partial charge >= 0.3 is 5.97 Å². The first kappa shape index (κ1) is 13.6. The van der Waals surface area contributed by atoms with Gasteiger partial charge in [0.2, 0.25) is 0 Å². The molecular formula is C13H15N3O2S. The second-order valence-electron chi connectivity index (χ2n) is 4.05. The Balaban J connectivity index is 2.25. The van der Waals surface area contributed by atoms with Gasteiger partial charge in [-0.2, -0.15) is 0 Å². The molecule has 5 nitrogen and oxygen atoms in total. The van der Waals surface area contributed by atoms with Crippen LogP contribution in [-0.2, 0) is 13.0 Å². The molecule has 2 aromatic rings. The summed E-state index contributed by atoms with van der Waals surface area (Å²) < 4.78 is 1.65. The SMILES string of the molecule is CCc1c(C(=O)O)nnn1Cc1ccc(SC)cc1.